The molecule has 1 aliphatic rings. The van der Waals surface area contributed by atoms with Crippen LogP contribution in [0.25, 0.3) is 0 Å². The molecule has 0 spiro atoms. The Morgan fingerprint density at radius 2 is 2.10 bits per heavy atom. The number of benzene rings is 1. The van der Waals surface area contributed by atoms with Crippen LogP contribution in [0.3, 0.4) is 0 Å². The third-order valence-corrected chi connectivity index (χ3v) is 5.21. The van der Waals surface area contributed by atoms with Crippen LogP contribution in [0.2, 0.25) is 0 Å². The number of carboxylic acids is 1. The number of nitrogens with one attached hydrogen (secondary N) is 1. The fraction of sp³-hybridized carbons (Fsp3) is 0.462. The van der Waals surface area contributed by atoms with Crippen molar-refractivity contribution in [3.63, 3.8) is 0 Å². The van der Waals surface area contributed by atoms with Gasteiger partial charge in [0.2, 0.25) is 10.0 Å². The van der Waals surface area contributed by atoms with E-state index in [1.165, 1.54) is 12.1 Å². The fourth-order valence-electron chi connectivity index (χ4n) is 2.46. The first-order valence-electron chi connectivity index (χ1n) is 6.31. The lowest BCUT2D eigenvalue weighted by Gasteiger charge is -2.14. The van der Waals surface area contributed by atoms with E-state index in [9.17, 15) is 17.6 Å². The molecule has 20 heavy (non-hydrogen) atoms. The van der Waals surface area contributed by atoms with E-state index in [1.807, 2.05) is 0 Å². The molecule has 0 bridgehead atoms. The monoisotopic (exact) mass is 301 g/mol. The van der Waals surface area contributed by atoms with Gasteiger partial charge in [0.05, 0.1) is 10.8 Å². The van der Waals surface area contributed by atoms with Crippen molar-refractivity contribution < 1.29 is 22.7 Å². The number of halogens is 1. The average molecular weight is 301 g/mol. The quantitative estimate of drug-likeness (QED) is 0.886. The van der Waals surface area contributed by atoms with Gasteiger partial charge in [-0.2, -0.15) is 0 Å². The largest absolute Gasteiger partial charge is 0.481 e. The predicted molar refractivity (Wildman–Crippen MR) is 70.2 cm³/mol. The Morgan fingerprint density at radius 3 is 2.70 bits per heavy atom. The zero-order valence-electron chi connectivity index (χ0n) is 11.0. The van der Waals surface area contributed by atoms with E-state index in [4.69, 9.17) is 5.11 Å². The van der Waals surface area contributed by atoms with Gasteiger partial charge in [-0.15, -0.1) is 0 Å². The standard InChI is InChI=1S/C13H16FNO4S/c1-8-2-4-10(14)7-12(8)20(18,19)15-11-5-3-9(6-11)13(16)17/h2,4,7,9,11,15H,3,5-6H2,1H3,(H,16,17)/t9-,11+/m1/s1. The van der Waals surface area contributed by atoms with E-state index in [2.05, 4.69) is 4.72 Å². The van der Waals surface area contributed by atoms with Gasteiger partial charge in [0.15, 0.2) is 0 Å². The van der Waals surface area contributed by atoms with Crippen LogP contribution in [0.1, 0.15) is 24.8 Å². The van der Waals surface area contributed by atoms with Crippen LogP contribution in [-0.4, -0.2) is 25.5 Å². The van der Waals surface area contributed by atoms with E-state index in [0.717, 1.165) is 6.07 Å². The highest BCUT2D eigenvalue weighted by Gasteiger charge is 2.32. The minimum atomic E-state index is -3.83. The number of hydrogen-bond donors (Lipinski definition) is 2. The molecule has 2 atom stereocenters. The van der Waals surface area contributed by atoms with E-state index >= 15 is 0 Å². The molecule has 5 nitrogen and oxygen atoms in total. The summed E-state index contributed by atoms with van der Waals surface area (Å²) < 4.78 is 40.1. The van der Waals surface area contributed by atoms with Gasteiger partial charge in [-0.1, -0.05) is 6.07 Å². The Hall–Kier alpha value is -1.47. The smallest absolute Gasteiger partial charge is 0.306 e. The van der Waals surface area contributed by atoms with Crippen LogP contribution in [-0.2, 0) is 14.8 Å². The van der Waals surface area contributed by atoms with Gasteiger partial charge in [0.25, 0.3) is 0 Å². The number of aliphatic carboxylic acids is 1. The number of rotatable bonds is 4. The number of hydrogen-bond acceptors (Lipinski definition) is 3. The third-order valence-electron chi connectivity index (χ3n) is 3.54. The lowest BCUT2D eigenvalue weighted by molar-refractivity contribution is -0.141. The maximum Gasteiger partial charge on any atom is 0.306 e. The number of carbonyl (C=O) groups is 1. The maximum atomic E-state index is 13.2. The summed E-state index contributed by atoms with van der Waals surface area (Å²) in [6.45, 7) is 1.59. The Balaban J connectivity index is 2.16. The van der Waals surface area contributed by atoms with Gasteiger partial charge in [-0.05, 0) is 43.9 Å². The van der Waals surface area contributed by atoms with Crippen molar-refractivity contribution in [3.8, 4) is 0 Å². The molecule has 7 heteroatoms. The number of sulfonamides is 1. The van der Waals surface area contributed by atoms with E-state index in [0.29, 0.717) is 18.4 Å². The van der Waals surface area contributed by atoms with Crippen LogP contribution >= 0.6 is 0 Å². The topological polar surface area (TPSA) is 83.5 Å². The summed E-state index contributed by atoms with van der Waals surface area (Å²) in [5.74, 6) is -2.05. The van der Waals surface area contributed by atoms with E-state index < -0.39 is 33.8 Å². The first-order chi connectivity index (χ1) is 9.29. The van der Waals surface area contributed by atoms with Crippen molar-refractivity contribution in [1.82, 2.24) is 4.72 Å². The summed E-state index contributed by atoms with van der Waals surface area (Å²) in [6, 6.07) is 3.16. The van der Waals surface area contributed by atoms with Gasteiger partial charge in [0.1, 0.15) is 5.82 Å². The predicted octanol–water partition coefficient (Wildman–Crippen LogP) is 1.67. The Labute approximate surface area is 116 Å². The average Bonchev–Trinajstić information content (AvgIpc) is 2.80. The maximum absolute atomic E-state index is 13.2. The van der Waals surface area contributed by atoms with Gasteiger partial charge in [-0.25, -0.2) is 17.5 Å². The van der Waals surface area contributed by atoms with Crippen molar-refractivity contribution in [2.45, 2.75) is 37.1 Å². The highest BCUT2D eigenvalue weighted by atomic mass is 32.2. The molecule has 2 rings (SSSR count). The number of carboxylic acid groups (broad SMARTS) is 1. The first kappa shape index (κ1) is 14.9. The summed E-state index contributed by atoms with van der Waals surface area (Å²) in [6.07, 6.45) is 1.19. The molecule has 2 N–H and O–H groups in total. The number of aryl methyl sites for hydroxylation is 1. The first-order valence-corrected chi connectivity index (χ1v) is 7.79. The molecule has 1 saturated carbocycles. The second-order valence-electron chi connectivity index (χ2n) is 5.08. The van der Waals surface area contributed by atoms with Gasteiger partial charge < -0.3 is 5.11 Å². The minimum Gasteiger partial charge on any atom is -0.481 e. The lowest BCUT2D eigenvalue weighted by atomic mass is 10.1. The zero-order valence-corrected chi connectivity index (χ0v) is 11.8. The summed E-state index contributed by atoms with van der Waals surface area (Å²) in [4.78, 5) is 10.8. The van der Waals surface area contributed by atoms with Crippen LogP contribution < -0.4 is 4.72 Å². The van der Waals surface area contributed by atoms with Crippen LogP contribution in [0.4, 0.5) is 4.39 Å². The molecule has 0 aromatic heterocycles. The molecule has 1 aliphatic carbocycles. The van der Waals surface area contributed by atoms with Crippen molar-refractivity contribution in [3.05, 3.63) is 29.6 Å². The molecule has 1 aromatic carbocycles. The zero-order chi connectivity index (χ0) is 14.9. The molecule has 0 unspecified atom stereocenters. The minimum absolute atomic E-state index is 0.101. The Bertz CT molecular complexity index is 629. The molecule has 110 valence electrons. The van der Waals surface area contributed by atoms with E-state index in [-0.39, 0.29) is 11.3 Å². The van der Waals surface area contributed by atoms with Gasteiger partial charge >= 0.3 is 5.97 Å². The molecule has 1 fully saturated rings. The fourth-order valence-corrected chi connectivity index (χ4v) is 4.00. The van der Waals surface area contributed by atoms with Crippen LogP contribution in [0.5, 0.6) is 0 Å². The molecule has 0 amide bonds. The second-order valence-corrected chi connectivity index (χ2v) is 6.76. The molecular formula is C13H16FNO4S. The SMILES string of the molecule is Cc1ccc(F)cc1S(=O)(=O)N[C@H]1CC[C@@H](C(=O)O)C1. The van der Waals surface area contributed by atoms with Crippen molar-refractivity contribution in [2.24, 2.45) is 5.92 Å². The Morgan fingerprint density at radius 1 is 1.40 bits per heavy atom. The van der Waals surface area contributed by atoms with Gasteiger partial charge in [0, 0.05) is 6.04 Å². The summed E-state index contributed by atoms with van der Waals surface area (Å²) in [5.41, 5.74) is 0.451. The highest BCUT2D eigenvalue weighted by Crippen LogP contribution is 2.27. The molecular weight excluding hydrogens is 285 g/mol. The molecule has 0 heterocycles. The molecule has 0 saturated heterocycles. The van der Waals surface area contributed by atoms with Crippen LogP contribution in [0, 0.1) is 18.7 Å². The summed E-state index contributed by atoms with van der Waals surface area (Å²) in [7, 11) is -3.83. The van der Waals surface area contributed by atoms with Crippen molar-refractivity contribution >= 4 is 16.0 Å². The second kappa shape index (κ2) is 5.49. The molecule has 0 radical (unpaired) electrons. The van der Waals surface area contributed by atoms with Crippen LogP contribution in [0.15, 0.2) is 23.1 Å². The van der Waals surface area contributed by atoms with Crippen molar-refractivity contribution in [1.29, 1.82) is 0 Å². The lowest BCUT2D eigenvalue weighted by Crippen LogP contribution is -2.33. The third kappa shape index (κ3) is 3.16. The highest BCUT2D eigenvalue weighted by molar-refractivity contribution is 7.89. The van der Waals surface area contributed by atoms with Crippen molar-refractivity contribution in [2.75, 3.05) is 0 Å². The molecule has 1 aromatic rings. The summed E-state index contributed by atoms with van der Waals surface area (Å²) >= 11 is 0. The normalized spacial score (nSPS) is 22.9. The van der Waals surface area contributed by atoms with Gasteiger partial charge in [-0.3, -0.25) is 4.79 Å². The summed E-state index contributed by atoms with van der Waals surface area (Å²) in [5, 5.41) is 8.90. The van der Waals surface area contributed by atoms with E-state index in [1.54, 1.807) is 6.92 Å². The Kier molecular flexibility index (Phi) is 4.10. The molecule has 0 aliphatic heterocycles.